The topological polar surface area (TPSA) is 112 Å². The molecule has 0 spiro atoms. The summed E-state index contributed by atoms with van der Waals surface area (Å²) < 4.78 is 5.71. The van der Waals surface area contributed by atoms with Crippen molar-refractivity contribution in [3.8, 4) is 5.75 Å². The van der Waals surface area contributed by atoms with E-state index in [1.165, 1.54) is 7.11 Å². The largest absolute Gasteiger partial charge is 0.495 e. The molecule has 1 aromatic carbocycles. The molecule has 0 aliphatic rings. The lowest BCUT2D eigenvalue weighted by molar-refractivity contribution is 0.415. The molecule has 0 saturated carbocycles. The number of rotatable bonds is 2. The average Bonchev–Trinajstić information content (AvgIpc) is 2.20. The first-order chi connectivity index (χ1) is 7.93. The maximum Gasteiger partial charge on any atom is 0.223 e. The summed E-state index contributed by atoms with van der Waals surface area (Å²) in [5, 5.41) is 0.457. The number of guanidine groups is 2. The lowest BCUT2D eigenvalue weighted by Gasteiger charge is -2.06. The van der Waals surface area contributed by atoms with Gasteiger partial charge in [0.15, 0.2) is 5.96 Å². The van der Waals surface area contributed by atoms with Crippen LogP contribution in [0, 0.1) is 0 Å². The molecule has 1 aromatic rings. The van der Waals surface area contributed by atoms with E-state index in [1.54, 1.807) is 12.1 Å². The molecule has 0 radical (unpaired) electrons. The molecular weight excluding hydrogens is 309 g/mol. The van der Waals surface area contributed by atoms with Gasteiger partial charge in [-0.2, -0.15) is 4.99 Å². The number of aliphatic imine (C=N–C) groups is 2. The monoisotopic (exact) mass is 319 g/mol. The summed E-state index contributed by atoms with van der Waals surface area (Å²) in [4.78, 5) is 7.61. The molecule has 0 atom stereocenters. The van der Waals surface area contributed by atoms with Crippen molar-refractivity contribution in [2.45, 2.75) is 0 Å². The summed E-state index contributed by atoms with van der Waals surface area (Å²) in [6.07, 6.45) is 0. The number of nitrogens with zero attached hydrogens (tertiary/aromatic N) is 2. The van der Waals surface area contributed by atoms with Gasteiger partial charge in [0.1, 0.15) is 5.75 Å². The summed E-state index contributed by atoms with van der Waals surface area (Å²) in [6, 6.07) is 3.25. The fourth-order valence-corrected chi connectivity index (χ4v) is 1.85. The van der Waals surface area contributed by atoms with E-state index in [2.05, 4.69) is 25.9 Å². The normalized spacial score (nSPS) is 11.1. The van der Waals surface area contributed by atoms with Crippen molar-refractivity contribution >= 4 is 45.1 Å². The minimum absolute atomic E-state index is 0.0601. The zero-order valence-electron chi connectivity index (χ0n) is 8.95. The average molecular weight is 321 g/mol. The molecule has 0 bridgehead atoms. The second-order valence-electron chi connectivity index (χ2n) is 2.94. The fourth-order valence-electron chi connectivity index (χ4n) is 1.04. The molecular formula is C9H11BrClN5O. The second kappa shape index (κ2) is 5.74. The molecule has 0 aromatic heterocycles. The lowest BCUT2D eigenvalue weighted by atomic mass is 10.3. The smallest absolute Gasteiger partial charge is 0.223 e. The first-order valence-electron chi connectivity index (χ1n) is 4.41. The molecule has 92 valence electrons. The van der Waals surface area contributed by atoms with Gasteiger partial charge in [-0.15, -0.1) is 0 Å². The van der Waals surface area contributed by atoms with Crippen LogP contribution in [0.4, 0.5) is 5.69 Å². The Bertz CT molecular complexity index is 485. The van der Waals surface area contributed by atoms with Crippen LogP contribution in [0.2, 0.25) is 5.02 Å². The Morgan fingerprint density at radius 3 is 2.53 bits per heavy atom. The maximum absolute atomic E-state index is 5.92. The zero-order chi connectivity index (χ0) is 13.0. The van der Waals surface area contributed by atoms with Crippen LogP contribution in [-0.4, -0.2) is 19.0 Å². The van der Waals surface area contributed by atoms with Crippen molar-refractivity contribution in [1.82, 2.24) is 0 Å². The highest BCUT2D eigenvalue weighted by Crippen LogP contribution is 2.35. The van der Waals surface area contributed by atoms with Crippen molar-refractivity contribution < 1.29 is 4.74 Å². The van der Waals surface area contributed by atoms with Gasteiger partial charge in [-0.1, -0.05) is 11.6 Å². The standard InChI is InChI=1S/C9H11BrClN5O/c1-17-7-3-6(4(10)2-5(7)11)15-9(14)16-8(12)13/h2-3H,1H3,(H6,12,13,14,15,16). The van der Waals surface area contributed by atoms with Crippen molar-refractivity contribution in [1.29, 1.82) is 0 Å². The van der Waals surface area contributed by atoms with Crippen molar-refractivity contribution in [3.63, 3.8) is 0 Å². The minimum Gasteiger partial charge on any atom is -0.495 e. The number of halogens is 2. The number of methoxy groups -OCH3 is 1. The molecule has 6 nitrogen and oxygen atoms in total. The molecule has 6 N–H and O–H groups in total. The fraction of sp³-hybridized carbons (Fsp3) is 0.111. The summed E-state index contributed by atoms with van der Waals surface area (Å²) in [5.74, 6) is 0.254. The van der Waals surface area contributed by atoms with E-state index in [4.69, 9.17) is 33.5 Å². The van der Waals surface area contributed by atoms with E-state index in [0.29, 0.717) is 20.9 Å². The Kier molecular flexibility index (Phi) is 4.59. The van der Waals surface area contributed by atoms with Gasteiger partial charge in [0.2, 0.25) is 5.96 Å². The van der Waals surface area contributed by atoms with Crippen molar-refractivity contribution in [3.05, 3.63) is 21.6 Å². The third kappa shape index (κ3) is 3.79. The highest BCUT2D eigenvalue weighted by Gasteiger charge is 2.07. The Morgan fingerprint density at radius 1 is 1.35 bits per heavy atom. The van der Waals surface area contributed by atoms with Crippen molar-refractivity contribution in [2.24, 2.45) is 27.2 Å². The molecule has 0 heterocycles. The third-order valence-electron chi connectivity index (χ3n) is 1.70. The van der Waals surface area contributed by atoms with Crippen LogP contribution in [-0.2, 0) is 0 Å². The SMILES string of the molecule is COc1cc(N=C(N)N=C(N)N)c(Br)cc1Cl. The molecule has 0 aliphatic heterocycles. The van der Waals surface area contributed by atoms with E-state index in [0.717, 1.165) is 0 Å². The summed E-state index contributed by atoms with van der Waals surface area (Å²) in [5.41, 5.74) is 16.4. The first kappa shape index (κ1) is 13.6. The molecule has 0 fully saturated rings. The molecule has 0 saturated heterocycles. The van der Waals surface area contributed by atoms with E-state index in [-0.39, 0.29) is 11.9 Å². The van der Waals surface area contributed by atoms with Crippen LogP contribution >= 0.6 is 27.5 Å². The van der Waals surface area contributed by atoms with Gasteiger partial charge in [0.05, 0.1) is 17.8 Å². The molecule has 8 heteroatoms. The van der Waals surface area contributed by atoms with E-state index >= 15 is 0 Å². The van der Waals surface area contributed by atoms with Gasteiger partial charge in [-0.3, -0.25) is 0 Å². The maximum atomic E-state index is 5.92. The molecule has 0 unspecified atom stereocenters. The highest BCUT2D eigenvalue weighted by atomic mass is 79.9. The summed E-state index contributed by atoms with van der Waals surface area (Å²) >= 11 is 9.21. The van der Waals surface area contributed by atoms with Crippen LogP contribution in [0.5, 0.6) is 5.75 Å². The van der Waals surface area contributed by atoms with Crippen LogP contribution in [0.25, 0.3) is 0 Å². The minimum atomic E-state index is -0.164. The van der Waals surface area contributed by atoms with Gasteiger partial charge in [0.25, 0.3) is 0 Å². The first-order valence-corrected chi connectivity index (χ1v) is 5.58. The second-order valence-corrected chi connectivity index (χ2v) is 4.21. The summed E-state index contributed by atoms with van der Waals surface area (Å²) in [7, 11) is 1.50. The lowest BCUT2D eigenvalue weighted by Crippen LogP contribution is -2.26. The quantitative estimate of drug-likeness (QED) is 0.563. The van der Waals surface area contributed by atoms with Gasteiger partial charge in [-0.25, -0.2) is 4.99 Å². The summed E-state index contributed by atoms with van der Waals surface area (Å²) in [6.45, 7) is 0. The highest BCUT2D eigenvalue weighted by molar-refractivity contribution is 9.10. The van der Waals surface area contributed by atoms with Gasteiger partial charge in [-0.05, 0) is 22.0 Å². The molecule has 17 heavy (non-hydrogen) atoms. The van der Waals surface area contributed by atoms with Gasteiger partial charge in [0, 0.05) is 10.5 Å². The number of benzene rings is 1. The molecule has 0 aliphatic carbocycles. The number of nitrogens with two attached hydrogens (primary N) is 3. The van der Waals surface area contributed by atoms with E-state index in [1.807, 2.05) is 0 Å². The van der Waals surface area contributed by atoms with Crippen LogP contribution in [0.1, 0.15) is 0 Å². The Hall–Kier alpha value is -1.47. The predicted molar refractivity (Wildman–Crippen MR) is 72.8 cm³/mol. The Balaban J connectivity index is 3.19. The van der Waals surface area contributed by atoms with Gasteiger partial charge < -0.3 is 21.9 Å². The number of ether oxygens (including phenoxy) is 1. The number of hydrogen-bond acceptors (Lipinski definition) is 2. The third-order valence-corrected chi connectivity index (χ3v) is 2.63. The van der Waals surface area contributed by atoms with Crippen LogP contribution < -0.4 is 21.9 Å². The van der Waals surface area contributed by atoms with Crippen LogP contribution in [0.3, 0.4) is 0 Å². The van der Waals surface area contributed by atoms with Gasteiger partial charge >= 0.3 is 0 Å². The van der Waals surface area contributed by atoms with E-state index in [9.17, 15) is 0 Å². The van der Waals surface area contributed by atoms with Crippen molar-refractivity contribution in [2.75, 3.05) is 7.11 Å². The van der Waals surface area contributed by atoms with E-state index < -0.39 is 0 Å². The Labute approximate surface area is 112 Å². The molecule has 1 rings (SSSR count). The molecule has 0 amide bonds. The number of hydrogen-bond donors (Lipinski definition) is 3. The Morgan fingerprint density at radius 2 is 2.00 bits per heavy atom. The van der Waals surface area contributed by atoms with Crippen LogP contribution in [0.15, 0.2) is 26.6 Å². The predicted octanol–water partition coefficient (Wildman–Crippen LogP) is 1.33. The zero-order valence-corrected chi connectivity index (χ0v) is 11.3.